The lowest BCUT2D eigenvalue weighted by atomic mass is 10.3. The molecule has 0 amide bonds. The van der Waals surface area contributed by atoms with Crippen LogP contribution in [-0.2, 0) is 17.8 Å². The van der Waals surface area contributed by atoms with Crippen LogP contribution >= 0.6 is 0 Å². The summed E-state index contributed by atoms with van der Waals surface area (Å²) in [7, 11) is 0. The Kier molecular flexibility index (Phi) is 5.49. The number of aromatic nitrogens is 3. The predicted molar refractivity (Wildman–Crippen MR) is 74.2 cm³/mol. The average molecular weight is 281 g/mol. The first-order chi connectivity index (χ1) is 9.76. The van der Waals surface area contributed by atoms with E-state index in [1.54, 1.807) is 11.6 Å². The molecule has 1 saturated heterocycles. The number of nitrogens with two attached hydrogens (primary N) is 1. The van der Waals surface area contributed by atoms with Crippen molar-refractivity contribution in [2.24, 2.45) is 5.73 Å². The topological polar surface area (TPSA) is 86.3 Å². The summed E-state index contributed by atoms with van der Waals surface area (Å²) in [6.07, 6.45) is 3.58. The summed E-state index contributed by atoms with van der Waals surface area (Å²) < 4.78 is 6.68. The summed E-state index contributed by atoms with van der Waals surface area (Å²) in [6.45, 7) is 6.49. The van der Waals surface area contributed by atoms with Gasteiger partial charge in [-0.2, -0.15) is 0 Å². The van der Waals surface area contributed by atoms with Crippen LogP contribution in [-0.4, -0.2) is 52.1 Å². The lowest BCUT2D eigenvalue weighted by Crippen LogP contribution is -2.22. The van der Waals surface area contributed by atoms with Crippen LogP contribution in [0.15, 0.2) is 0 Å². The first kappa shape index (κ1) is 14.9. The monoisotopic (exact) mass is 281 g/mol. The van der Waals surface area contributed by atoms with Gasteiger partial charge >= 0.3 is 5.97 Å². The van der Waals surface area contributed by atoms with E-state index in [9.17, 15) is 4.79 Å². The second-order valence-electron chi connectivity index (χ2n) is 4.93. The Labute approximate surface area is 119 Å². The van der Waals surface area contributed by atoms with Crippen molar-refractivity contribution in [3.05, 3.63) is 11.4 Å². The van der Waals surface area contributed by atoms with Crippen molar-refractivity contribution in [1.82, 2.24) is 19.9 Å². The number of rotatable bonds is 7. The minimum Gasteiger partial charge on any atom is -0.461 e. The molecule has 0 unspecified atom stereocenters. The van der Waals surface area contributed by atoms with E-state index >= 15 is 0 Å². The van der Waals surface area contributed by atoms with Crippen LogP contribution in [0.3, 0.4) is 0 Å². The summed E-state index contributed by atoms with van der Waals surface area (Å²) in [5.74, 6) is -0.446. The molecule has 1 aliphatic rings. The lowest BCUT2D eigenvalue weighted by molar-refractivity contribution is 0.0518. The van der Waals surface area contributed by atoms with Gasteiger partial charge in [0.05, 0.1) is 12.3 Å². The highest BCUT2D eigenvalue weighted by Crippen LogP contribution is 2.10. The Morgan fingerprint density at radius 2 is 2.10 bits per heavy atom. The molecule has 1 aromatic heterocycles. The van der Waals surface area contributed by atoms with E-state index in [0.29, 0.717) is 12.3 Å². The number of nitrogens with zero attached hydrogens (tertiary/aromatic N) is 4. The highest BCUT2D eigenvalue weighted by Gasteiger charge is 2.19. The summed E-state index contributed by atoms with van der Waals surface area (Å²) in [5, 5.41) is 7.92. The molecule has 0 radical (unpaired) electrons. The Bertz CT molecular complexity index is 440. The number of ether oxygens (including phenoxy) is 1. The van der Waals surface area contributed by atoms with Gasteiger partial charge in [0, 0.05) is 13.1 Å². The van der Waals surface area contributed by atoms with Gasteiger partial charge in [-0.1, -0.05) is 5.21 Å². The zero-order valence-electron chi connectivity index (χ0n) is 12.0. The van der Waals surface area contributed by atoms with Gasteiger partial charge in [0.2, 0.25) is 0 Å². The summed E-state index contributed by atoms with van der Waals surface area (Å²) in [4.78, 5) is 14.2. The van der Waals surface area contributed by atoms with Crippen molar-refractivity contribution in [3.63, 3.8) is 0 Å². The highest BCUT2D eigenvalue weighted by molar-refractivity contribution is 5.88. The van der Waals surface area contributed by atoms with Crippen LogP contribution in [0, 0.1) is 0 Å². The zero-order chi connectivity index (χ0) is 14.4. The molecule has 0 saturated carbocycles. The van der Waals surface area contributed by atoms with Crippen molar-refractivity contribution in [2.75, 3.05) is 26.2 Å². The minimum atomic E-state index is -0.446. The number of carbonyl (C=O) groups excluding carboxylic acids is 1. The number of aryl methyl sites for hydroxylation is 1. The van der Waals surface area contributed by atoms with Crippen LogP contribution in [0.4, 0.5) is 0 Å². The normalized spacial score (nSPS) is 15.7. The van der Waals surface area contributed by atoms with Gasteiger partial charge in [-0.15, -0.1) is 5.10 Å². The molecule has 0 aromatic carbocycles. The van der Waals surface area contributed by atoms with E-state index in [0.717, 1.165) is 19.5 Å². The maximum Gasteiger partial charge on any atom is 0.360 e. The van der Waals surface area contributed by atoms with E-state index in [-0.39, 0.29) is 12.2 Å². The first-order valence-electron chi connectivity index (χ1n) is 7.28. The van der Waals surface area contributed by atoms with Crippen molar-refractivity contribution in [1.29, 1.82) is 0 Å². The molecule has 2 N–H and O–H groups in total. The third-order valence-corrected chi connectivity index (χ3v) is 3.54. The third-order valence-electron chi connectivity index (χ3n) is 3.54. The molecule has 7 nitrogen and oxygen atoms in total. The minimum absolute atomic E-state index is 0.241. The summed E-state index contributed by atoms with van der Waals surface area (Å²) >= 11 is 0. The summed E-state index contributed by atoms with van der Waals surface area (Å²) in [6, 6.07) is 0. The Morgan fingerprint density at radius 1 is 1.35 bits per heavy atom. The molecule has 112 valence electrons. The number of esters is 1. The van der Waals surface area contributed by atoms with Crippen LogP contribution in [0.5, 0.6) is 0 Å². The van der Waals surface area contributed by atoms with Crippen molar-refractivity contribution in [3.8, 4) is 0 Å². The van der Waals surface area contributed by atoms with Gasteiger partial charge in [-0.05, 0) is 45.8 Å². The molecule has 0 aliphatic carbocycles. The van der Waals surface area contributed by atoms with E-state index in [2.05, 4.69) is 15.2 Å². The van der Waals surface area contributed by atoms with Gasteiger partial charge in [0.25, 0.3) is 0 Å². The van der Waals surface area contributed by atoms with Gasteiger partial charge < -0.3 is 15.4 Å². The quantitative estimate of drug-likeness (QED) is 0.728. The largest absolute Gasteiger partial charge is 0.461 e. The van der Waals surface area contributed by atoms with Crippen LogP contribution in [0.1, 0.15) is 42.4 Å². The van der Waals surface area contributed by atoms with Gasteiger partial charge in [-0.3, -0.25) is 0 Å². The second kappa shape index (κ2) is 7.35. The van der Waals surface area contributed by atoms with E-state index in [4.69, 9.17) is 10.5 Å². The molecule has 1 fully saturated rings. The third kappa shape index (κ3) is 3.55. The molecule has 2 heterocycles. The van der Waals surface area contributed by atoms with Crippen molar-refractivity contribution in [2.45, 2.75) is 39.3 Å². The fourth-order valence-corrected chi connectivity index (χ4v) is 2.52. The number of hydrogen-bond donors (Lipinski definition) is 1. The average Bonchev–Trinajstić information content (AvgIpc) is 3.08. The molecule has 1 aromatic rings. The molecular formula is C13H23N5O2. The Morgan fingerprint density at radius 3 is 2.75 bits per heavy atom. The molecule has 0 atom stereocenters. The van der Waals surface area contributed by atoms with E-state index in [1.165, 1.54) is 25.9 Å². The lowest BCUT2D eigenvalue weighted by Gasteiger charge is -2.14. The SMILES string of the molecule is CCOC(=O)c1nnn(CCCN2CCCC2)c1CN. The Balaban J connectivity index is 1.91. The van der Waals surface area contributed by atoms with Crippen molar-refractivity contribution >= 4 is 5.97 Å². The van der Waals surface area contributed by atoms with E-state index < -0.39 is 5.97 Å². The molecule has 20 heavy (non-hydrogen) atoms. The van der Waals surface area contributed by atoms with Crippen LogP contribution in [0.2, 0.25) is 0 Å². The number of hydrogen-bond acceptors (Lipinski definition) is 6. The smallest absolute Gasteiger partial charge is 0.360 e. The van der Waals surface area contributed by atoms with Gasteiger partial charge in [0.15, 0.2) is 5.69 Å². The van der Waals surface area contributed by atoms with Gasteiger partial charge in [-0.25, -0.2) is 9.48 Å². The fourth-order valence-electron chi connectivity index (χ4n) is 2.52. The molecule has 2 rings (SSSR count). The van der Waals surface area contributed by atoms with Crippen LogP contribution in [0.25, 0.3) is 0 Å². The summed E-state index contributed by atoms with van der Waals surface area (Å²) in [5.41, 5.74) is 6.61. The van der Waals surface area contributed by atoms with Gasteiger partial charge in [0.1, 0.15) is 0 Å². The second-order valence-corrected chi connectivity index (χ2v) is 4.93. The predicted octanol–water partition coefficient (Wildman–Crippen LogP) is 0.399. The Hall–Kier alpha value is -1.47. The molecule has 7 heteroatoms. The van der Waals surface area contributed by atoms with Crippen molar-refractivity contribution < 1.29 is 9.53 Å². The molecular weight excluding hydrogens is 258 g/mol. The first-order valence-corrected chi connectivity index (χ1v) is 7.28. The molecule has 0 spiro atoms. The fraction of sp³-hybridized carbons (Fsp3) is 0.769. The molecule has 0 bridgehead atoms. The number of carbonyl (C=O) groups is 1. The maximum absolute atomic E-state index is 11.7. The van der Waals surface area contributed by atoms with E-state index in [1.807, 2.05) is 0 Å². The zero-order valence-corrected chi connectivity index (χ0v) is 12.0. The van der Waals surface area contributed by atoms with Crippen LogP contribution < -0.4 is 5.73 Å². The number of likely N-dealkylation sites (tertiary alicyclic amines) is 1. The highest BCUT2D eigenvalue weighted by atomic mass is 16.5. The standard InChI is InChI=1S/C13H23N5O2/c1-2-20-13(19)12-11(10-14)18(16-15-12)9-5-8-17-6-3-4-7-17/h2-10,14H2,1H3. The maximum atomic E-state index is 11.7. The molecule has 1 aliphatic heterocycles.